The first-order chi connectivity index (χ1) is 12.2. The van der Waals surface area contributed by atoms with Crippen molar-refractivity contribution in [3.8, 4) is 11.4 Å². The van der Waals surface area contributed by atoms with Crippen LogP contribution in [-0.2, 0) is 4.79 Å². The molecule has 0 unspecified atom stereocenters. The van der Waals surface area contributed by atoms with E-state index < -0.39 is 0 Å². The van der Waals surface area contributed by atoms with Crippen LogP contribution in [0.3, 0.4) is 0 Å². The maximum atomic E-state index is 12.1. The van der Waals surface area contributed by atoms with Crippen LogP contribution >= 0.6 is 22.9 Å². The molecule has 1 fully saturated rings. The summed E-state index contributed by atoms with van der Waals surface area (Å²) in [5.41, 5.74) is 0.814. The van der Waals surface area contributed by atoms with Crippen LogP contribution < -0.4 is 0 Å². The van der Waals surface area contributed by atoms with Gasteiger partial charge in [0.25, 0.3) is 0 Å². The minimum Gasteiger partial charge on any atom is -0.339 e. The van der Waals surface area contributed by atoms with Crippen molar-refractivity contribution >= 4 is 34.9 Å². The summed E-state index contributed by atoms with van der Waals surface area (Å²) in [6, 6.07) is 11.3. The van der Waals surface area contributed by atoms with Crippen LogP contribution in [0.4, 0.5) is 0 Å². The van der Waals surface area contributed by atoms with Crippen LogP contribution in [0.1, 0.15) is 16.7 Å². The molecule has 2 aromatic heterocycles. The summed E-state index contributed by atoms with van der Waals surface area (Å²) in [7, 11) is 0. The van der Waals surface area contributed by atoms with E-state index in [1.165, 1.54) is 0 Å². The van der Waals surface area contributed by atoms with Gasteiger partial charge in [0, 0.05) is 34.6 Å². The van der Waals surface area contributed by atoms with Crippen molar-refractivity contribution in [2.45, 2.75) is 5.92 Å². The Bertz CT molecular complexity index is 914. The van der Waals surface area contributed by atoms with Crippen LogP contribution in [0, 0.1) is 0 Å². The lowest BCUT2D eigenvalue weighted by Gasteiger charge is -2.36. The molecule has 126 valence electrons. The predicted octanol–water partition coefficient (Wildman–Crippen LogP) is 4.09. The number of carbonyl (C=O) groups is 1. The van der Waals surface area contributed by atoms with Crippen molar-refractivity contribution in [3.05, 3.63) is 63.6 Å². The highest BCUT2D eigenvalue weighted by atomic mass is 35.5. The molecule has 0 bridgehead atoms. The zero-order valence-corrected chi connectivity index (χ0v) is 14.7. The Balaban J connectivity index is 1.37. The second-order valence-electron chi connectivity index (χ2n) is 5.76. The van der Waals surface area contributed by atoms with Crippen LogP contribution in [0.15, 0.2) is 52.4 Å². The third-order valence-corrected chi connectivity index (χ3v) is 5.07. The number of benzene rings is 1. The molecule has 0 spiro atoms. The third kappa shape index (κ3) is 3.50. The van der Waals surface area contributed by atoms with Gasteiger partial charge in [0.2, 0.25) is 17.6 Å². The zero-order chi connectivity index (χ0) is 17.2. The molecule has 3 aromatic rings. The Morgan fingerprint density at radius 2 is 2.20 bits per heavy atom. The minimum atomic E-state index is -0.000713. The van der Waals surface area contributed by atoms with E-state index >= 15 is 0 Å². The molecular weight excluding hydrogens is 358 g/mol. The van der Waals surface area contributed by atoms with Crippen molar-refractivity contribution in [1.82, 2.24) is 15.0 Å². The summed E-state index contributed by atoms with van der Waals surface area (Å²) in [5, 5.41) is 6.62. The molecule has 0 atom stereocenters. The summed E-state index contributed by atoms with van der Waals surface area (Å²) in [5.74, 6) is 1.15. The molecule has 0 radical (unpaired) electrons. The fraction of sp³-hybridized carbons (Fsp3) is 0.167. The number of likely N-dealkylation sites (tertiary alicyclic amines) is 1. The minimum absolute atomic E-state index is 0.000713. The van der Waals surface area contributed by atoms with Crippen LogP contribution in [0.2, 0.25) is 5.02 Å². The molecule has 3 heterocycles. The Hall–Kier alpha value is -2.44. The lowest BCUT2D eigenvalue weighted by atomic mass is 10.00. The Kier molecular flexibility index (Phi) is 4.38. The SMILES string of the molecule is O=C(C=Cc1cccs1)N1CC(c2nc(-c3cccc(Cl)c3)no2)C1. The Morgan fingerprint density at radius 1 is 1.32 bits per heavy atom. The van der Waals surface area contributed by atoms with Gasteiger partial charge in [-0.3, -0.25) is 4.79 Å². The van der Waals surface area contributed by atoms with Gasteiger partial charge in [-0.1, -0.05) is 35.0 Å². The molecule has 0 aliphatic carbocycles. The van der Waals surface area contributed by atoms with E-state index in [0.717, 1.165) is 10.4 Å². The van der Waals surface area contributed by atoms with E-state index in [2.05, 4.69) is 10.1 Å². The van der Waals surface area contributed by atoms with Crippen molar-refractivity contribution in [1.29, 1.82) is 0 Å². The van der Waals surface area contributed by atoms with E-state index in [1.807, 2.05) is 35.7 Å². The first kappa shape index (κ1) is 16.1. The average molecular weight is 372 g/mol. The van der Waals surface area contributed by atoms with Gasteiger partial charge in [0.1, 0.15) is 0 Å². The average Bonchev–Trinajstić information content (AvgIpc) is 3.23. The van der Waals surface area contributed by atoms with Crippen molar-refractivity contribution in [2.75, 3.05) is 13.1 Å². The molecule has 1 aliphatic rings. The first-order valence-corrected chi connectivity index (χ1v) is 9.05. The molecule has 7 heteroatoms. The summed E-state index contributed by atoms with van der Waals surface area (Å²) >= 11 is 7.59. The summed E-state index contributed by atoms with van der Waals surface area (Å²) in [6.07, 6.45) is 3.44. The van der Waals surface area contributed by atoms with Gasteiger partial charge in [-0.25, -0.2) is 0 Å². The fourth-order valence-electron chi connectivity index (χ4n) is 2.61. The fourth-order valence-corrected chi connectivity index (χ4v) is 3.41. The number of hydrogen-bond donors (Lipinski definition) is 0. The van der Waals surface area contributed by atoms with E-state index in [9.17, 15) is 4.79 Å². The second kappa shape index (κ2) is 6.82. The molecular formula is C18H14ClN3O2S. The molecule has 1 saturated heterocycles. The number of nitrogens with zero attached hydrogens (tertiary/aromatic N) is 3. The van der Waals surface area contributed by atoms with Crippen molar-refractivity contribution in [2.24, 2.45) is 0 Å². The number of halogens is 1. The molecule has 1 aliphatic heterocycles. The quantitative estimate of drug-likeness (QED) is 0.648. The Labute approximate surface area is 153 Å². The Morgan fingerprint density at radius 3 is 2.96 bits per heavy atom. The van der Waals surface area contributed by atoms with Gasteiger partial charge in [0.15, 0.2) is 0 Å². The zero-order valence-electron chi connectivity index (χ0n) is 13.1. The third-order valence-electron chi connectivity index (χ3n) is 4.00. The lowest BCUT2D eigenvalue weighted by molar-refractivity contribution is -0.130. The number of amides is 1. The van der Waals surface area contributed by atoms with Gasteiger partial charge in [0.05, 0.1) is 5.92 Å². The van der Waals surface area contributed by atoms with Crippen molar-refractivity contribution in [3.63, 3.8) is 0 Å². The predicted molar refractivity (Wildman–Crippen MR) is 97.4 cm³/mol. The van der Waals surface area contributed by atoms with Crippen LogP contribution in [-0.4, -0.2) is 34.0 Å². The number of thiophene rings is 1. The van der Waals surface area contributed by atoms with E-state index in [1.54, 1.807) is 34.4 Å². The molecule has 5 nitrogen and oxygen atoms in total. The normalized spacial score (nSPS) is 14.8. The first-order valence-electron chi connectivity index (χ1n) is 7.79. The van der Waals surface area contributed by atoms with Gasteiger partial charge in [-0.15, -0.1) is 11.3 Å². The molecule has 1 aromatic carbocycles. The smallest absolute Gasteiger partial charge is 0.246 e. The number of hydrogen-bond acceptors (Lipinski definition) is 5. The second-order valence-corrected chi connectivity index (χ2v) is 7.17. The molecule has 1 amide bonds. The van der Waals surface area contributed by atoms with E-state index in [-0.39, 0.29) is 11.8 Å². The van der Waals surface area contributed by atoms with Gasteiger partial charge >= 0.3 is 0 Å². The molecule has 4 rings (SSSR count). The van der Waals surface area contributed by atoms with Crippen LogP contribution in [0.5, 0.6) is 0 Å². The molecule has 0 N–H and O–H groups in total. The number of aromatic nitrogens is 2. The summed E-state index contributed by atoms with van der Waals surface area (Å²) in [6.45, 7) is 1.18. The largest absolute Gasteiger partial charge is 0.339 e. The number of carbonyl (C=O) groups excluding carboxylic acids is 1. The highest BCUT2D eigenvalue weighted by molar-refractivity contribution is 7.10. The van der Waals surface area contributed by atoms with Gasteiger partial charge < -0.3 is 9.42 Å². The lowest BCUT2D eigenvalue weighted by Crippen LogP contribution is -2.47. The van der Waals surface area contributed by atoms with E-state index in [4.69, 9.17) is 16.1 Å². The highest BCUT2D eigenvalue weighted by Gasteiger charge is 2.34. The highest BCUT2D eigenvalue weighted by Crippen LogP contribution is 2.28. The standard InChI is InChI=1S/C18H14ClN3O2S/c19-14-4-1-3-12(9-14)17-20-18(24-21-17)13-10-22(11-13)16(23)7-6-15-5-2-8-25-15/h1-9,13H,10-11H2. The van der Waals surface area contributed by atoms with Crippen LogP contribution in [0.25, 0.3) is 17.5 Å². The van der Waals surface area contributed by atoms with Gasteiger partial charge in [-0.2, -0.15) is 4.98 Å². The number of rotatable bonds is 4. The maximum Gasteiger partial charge on any atom is 0.246 e. The van der Waals surface area contributed by atoms with Gasteiger partial charge in [-0.05, 0) is 29.7 Å². The maximum absolute atomic E-state index is 12.1. The van der Waals surface area contributed by atoms with E-state index in [0.29, 0.717) is 29.8 Å². The monoisotopic (exact) mass is 371 g/mol. The topological polar surface area (TPSA) is 59.2 Å². The van der Waals surface area contributed by atoms with Crippen molar-refractivity contribution < 1.29 is 9.32 Å². The summed E-state index contributed by atoms with van der Waals surface area (Å²) < 4.78 is 5.35. The molecule has 0 saturated carbocycles. The molecule has 25 heavy (non-hydrogen) atoms. The summed E-state index contributed by atoms with van der Waals surface area (Å²) in [4.78, 5) is 19.4.